The third kappa shape index (κ3) is 7.07. The van der Waals surface area contributed by atoms with Crippen molar-refractivity contribution in [1.29, 1.82) is 0 Å². The third-order valence-corrected chi connectivity index (χ3v) is 8.01. The van der Waals surface area contributed by atoms with E-state index in [2.05, 4.69) is 105 Å². The molecule has 0 saturated carbocycles. The van der Waals surface area contributed by atoms with Crippen molar-refractivity contribution in [2.75, 3.05) is 0 Å². The zero-order valence-corrected chi connectivity index (χ0v) is 28.3. The van der Waals surface area contributed by atoms with Crippen molar-refractivity contribution in [3.8, 4) is 33.6 Å². The maximum atomic E-state index is 4.55. The number of hydrogen-bond acceptors (Lipinski definition) is 2. The van der Waals surface area contributed by atoms with Gasteiger partial charge < -0.3 is 9.97 Å². The van der Waals surface area contributed by atoms with E-state index in [9.17, 15) is 0 Å². The van der Waals surface area contributed by atoms with Gasteiger partial charge in [0.25, 0.3) is 11.0 Å². The van der Waals surface area contributed by atoms with Crippen LogP contribution in [0.1, 0.15) is 5.56 Å². The van der Waals surface area contributed by atoms with Crippen LogP contribution >= 0.6 is 0 Å². The van der Waals surface area contributed by atoms with E-state index in [1.807, 2.05) is 91.1 Å². The van der Waals surface area contributed by atoms with Crippen LogP contribution in [0.15, 0.2) is 164 Å². The molecule has 8 aromatic rings. The molecule has 4 nitrogen and oxygen atoms in total. The largest absolute Gasteiger partial charge is 0.345 e. The summed E-state index contributed by atoms with van der Waals surface area (Å²) in [4.78, 5) is 8.77. The van der Waals surface area contributed by atoms with E-state index < -0.39 is 0 Å². The molecule has 5 heterocycles. The van der Waals surface area contributed by atoms with Gasteiger partial charge in [0.05, 0.1) is 10.8 Å². The Hall–Kier alpha value is -5.35. The molecule has 229 valence electrons. The zero-order chi connectivity index (χ0) is 31.1. The Bertz CT molecular complexity index is 2130. The summed E-state index contributed by atoms with van der Waals surface area (Å²) >= 11 is 0. The van der Waals surface area contributed by atoms with Gasteiger partial charge in [0.2, 0.25) is 0 Å². The van der Waals surface area contributed by atoms with Crippen molar-refractivity contribution >= 4 is 21.8 Å². The van der Waals surface area contributed by atoms with E-state index in [0.717, 1.165) is 29.2 Å². The molecule has 0 N–H and O–H groups in total. The van der Waals surface area contributed by atoms with Crippen LogP contribution in [0.25, 0.3) is 55.4 Å². The Labute approximate surface area is 289 Å². The summed E-state index contributed by atoms with van der Waals surface area (Å²) in [6, 6.07) is 53.4. The van der Waals surface area contributed by atoms with Crippen LogP contribution in [0.5, 0.6) is 0 Å². The van der Waals surface area contributed by atoms with Gasteiger partial charge in [-0.1, -0.05) is 48.5 Å². The van der Waals surface area contributed by atoms with Crippen LogP contribution in [-0.2, 0) is 26.8 Å². The molecule has 0 amide bonds. The molecule has 0 spiro atoms. The second-order valence-electron chi connectivity index (χ2n) is 11.1. The van der Waals surface area contributed by atoms with E-state index >= 15 is 0 Å². The molecule has 47 heavy (non-hydrogen) atoms. The molecule has 1 radical (unpaired) electrons. The van der Waals surface area contributed by atoms with E-state index in [1.54, 1.807) is 6.20 Å². The molecule has 1 aliphatic heterocycles. The predicted octanol–water partition coefficient (Wildman–Crippen LogP) is 8.46. The van der Waals surface area contributed by atoms with Gasteiger partial charge in [0, 0.05) is 50.2 Å². The number of aryl methyl sites for hydroxylation is 1. The van der Waals surface area contributed by atoms with Crippen molar-refractivity contribution < 1.29 is 29.2 Å². The van der Waals surface area contributed by atoms with Gasteiger partial charge in [-0.15, -0.1) is 80.9 Å². The smallest absolute Gasteiger partial charge is 0.305 e. The van der Waals surface area contributed by atoms with Gasteiger partial charge >= 0.3 is 6.67 Å². The van der Waals surface area contributed by atoms with E-state index in [-0.39, 0.29) is 20.1 Å². The van der Waals surface area contributed by atoms with E-state index in [0.29, 0.717) is 0 Å². The normalized spacial score (nSPS) is 10.8. The Morgan fingerprint density at radius 2 is 1.17 bits per heavy atom. The number of hydrogen-bond donors (Lipinski definition) is 0. The number of pyridine rings is 4. The maximum Gasteiger partial charge on any atom is 0.345 e. The molecule has 0 aliphatic carbocycles. The fourth-order valence-corrected chi connectivity index (χ4v) is 5.78. The molecule has 4 aromatic carbocycles. The van der Waals surface area contributed by atoms with Crippen LogP contribution in [0.3, 0.4) is 0 Å². The summed E-state index contributed by atoms with van der Waals surface area (Å²) in [5.74, 6) is 0. The van der Waals surface area contributed by atoms with Crippen LogP contribution in [0.4, 0.5) is 0 Å². The van der Waals surface area contributed by atoms with Gasteiger partial charge in [-0.25, -0.2) is 0 Å². The monoisotopic (exact) mass is 785 g/mol. The first kappa shape index (κ1) is 31.6. The van der Waals surface area contributed by atoms with Gasteiger partial charge in [-0.05, 0) is 59.8 Å². The molecule has 9 rings (SSSR count). The van der Waals surface area contributed by atoms with Gasteiger partial charge in [-0.2, -0.15) is 0 Å². The van der Waals surface area contributed by atoms with Crippen LogP contribution in [0.2, 0.25) is 0 Å². The van der Waals surface area contributed by atoms with Crippen molar-refractivity contribution in [3.05, 3.63) is 182 Å². The standard InChI is InChI=1S/C18H14N.C13H10N2.C11H8N.Ir/c1-14-12-18(16-10-6-3-7-11-16)19-13-17(14)15-8-4-2-5-9-15;1-3-10-5-6-11-4-2-8-15-9-14(7-1)12(10)13(11)15;1-2-6-10(7-3-1)11-8-4-5-9-12-11;/h2-10,12-13H,1H3;1-8H,9H2;1-6,8-9H;/q-1;+2;-1;. The second-order valence-corrected chi connectivity index (χ2v) is 11.1. The summed E-state index contributed by atoms with van der Waals surface area (Å²) in [5.41, 5.74) is 10.3. The topological polar surface area (TPSA) is 33.5 Å². The Morgan fingerprint density at radius 3 is 1.72 bits per heavy atom. The molecular formula is C42H32IrN4. The summed E-state index contributed by atoms with van der Waals surface area (Å²) in [6.07, 6.45) is 8.03. The molecule has 0 atom stereocenters. The number of benzene rings is 4. The van der Waals surface area contributed by atoms with Gasteiger partial charge in [0.1, 0.15) is 0 Å². The van der Waals surface area contributed by atoms with Crippen LogP contribution < -0.4 is 9.13 Å². The summed E-state index contributed by atoms with van der Waals surface area (Å²) < 4.78 is 4.61. The maximum absolute atomic E-state index is 4.55. The van der Waals surface area contributed by atoms with E-state index in [1.165, 1.54) is 38.5 Å². The molecular weight excluding hydrogens is 753 g/mol. The number of aromatic nitrogens is 4. The first-order chi connectivity index (χ1) is 22.7. The third-order valence-electron chi connectivity index (χ3n) is 8.01. The number of nitrogens with zero attached hydrogens (tertiary/aromatic N) is 4. The average Bonchev–Trinajstić information content (AvgIpc) is 3.53. The van der Waals surface area contributed by atoms with Crippen LogP contribution in [-0.4, -0.2) is 9.97 Å². The van der Waals surface area contributed by atoms with Crippen molar-refractivity contribution in [2.45, 2.75) is 13.6 Å². The molecule has 1 aliphatic rings. The summed E-state index contributed by atoms with van der Waals surface area (Å²) in [7, 11) is 0. The fraction of sp³-hybridized carbons (Fsp3) is 0.0476. The first-order valence-corrected chi connectivity index (χ1v) is 15.4. The Morgan fingerprint density at radius 1 is 0.574 bits per heavy atom. The summed E-state index contributed by atoms with van der Waals surface area (Å²) in [5, 5.41) is 2.64. The fourth-order valence-electron chi connectivity index (χ4n) is 5.78. The average molecular weight is 785 g/mol. The molecule has 4 aromatic heterocycles. The SMILES string of the molecule is Cc1cc(-c2[c-]cccc2)ncc1-c1ccccc1.[Ir].[c-]1ccccc1-c1ccccn1.c1cc2ccc3ccc[n+]4c3c2[n+](c1)C4. The van der Waals surface area contributed by atoms with Gasteiger partial charge in [0.15, 0.2) is 12.4 Å². The Balaban J connectivity index is 0.000000125. The Kier molecular flexibility index (Phi) is 9.98. The first-order valence-electron chi connectivity index (χ1n) is 15.4. The molecule has 0 saturated heterocycles. The second kappa shape index (κ2) is 14.8. The molecule has 5 heteroatoms. The number of rotatable bonds is 3. The molecule has 0 bridgehead atoms. The van der Waals surface area contributed by atoms with Crippen LogP contribution in [0, 0.1) is 19.1 Å². The minimum absolute atomic E-state index is 0. The zero-order valence-electron chi connectivity index (χ0n) is 25.9. The molecule has 0 fully saturated rings. The minimum atomic E-state index is 0. The van der Waals surface area contributed by atoms with Crippen molar-refractivity contribution in [1.82, 2.24) is 9.97 Å². The van der Waals surface area contributed by atoms with Crippen molar-refractivity contribution in [2.24, 2.45) is 0 Å². The van der Waals surface area contributed by atoms with Gasteiger partial charge in [-0.3, -0.25) is 0 Å². The quantitative estimate of drug-likeness (QED) is 0.102. The molecule has 0 unspecified atom stereocenters. The summed E-state index contributed by atoms with van der Waals surface area (Å²) in [6.45, 7) is 3.06. The van der Waals surface area contributed by atoms with E-state index in [4.69, 9.17) is 0 Å². The van der Waals surface area contributed by atoms with Crippen molar-refractivity contribution in [3.63, 3.8) is 0 Å². The predicted molar refractivity (Wildman–Crippen MR) is 184 cm³/mol. The minimum Gasteiger partial charge on any atom is -0.305 e.